The maximum absolute atomic E-state index is 12.3. The monoisotopic (exact) mass is 418 g/mol. The Morgan fingerprint density at radius 2 is 2.03 bits per heavy atom. The minimum atomic E-state index is -0.167. The van der Waals surface area contributed by atoms with Crippen molar-refractivity contribution in [1.82, 2.24) is 15.4 Å². The van der Waals surface area contributed by atoms with Crippen molar-refractivity contribution in [2.24, 2.45) is 5.10 Å². The van der Waals surface area contributed by atoms with Crippen LogP contribution in [0.2, 0.25) is 0 Å². The first-order valence-electron chi connectivity index (χ1n) is 9.52. The number of fused-ring (bicyclic) bond motifs is 2. The van der Waals surface area contributed by atoms with Gasteiger partial charge in [-0.1, -0.05) is 18.2 Å². The molecule has 6 nitrogen and oxygen atoms in total. The van der Waals surface area contributed by atoms with Crippen LogP contribution in [-0.4, -0.2) is 35.0 Å². The van der Waals surface area contributed by atoms with Crippen molar-refractivity contribution in [1.29, 1.82) is 0 Å². The molecule has 0 fully saturated rings. The fraction of sp³-hybridized carbons (Fsp3) is 0.174. The van der Waals surface area contributed by atoms with Gasteiger partial charge in [0.15, 0.2) is 0 Å². The van der Waals surface area contributed by atoms with Gasteiger partial charge in [0, 0.05) is 38.1 Å². The van der Waals surface area contributed by atoms with Crippen LogP contribution >= 0.6 is 11.8 Å². The van der Waals surface area contributed by atoms with Crippen LogP contribution in [-0.2, 0) is 4.79 Å². The van der Waals surface area contributed by atoms with Crippen molar-refractivity contribution in [3.05, 3.63) is 65.5 Å². The van der Waals surface area contributed by atoms with E-state index in [1.165, 1.54) is 11.8 Å². The number of hydrogen-bond donors (Lipinski definition) is 2. The average molecular weight is 419 g/mol. The SMILES string of the molecule is COc1ccc2nc(C)cc(SCC(=O)N/N=C/c3c(C)[nH]c4ccccc34)c2c1. The van der Waals surface area contributed by atoms with E-state index in [1.807, 2.05) is 62.4 Å². The van der Waals surface area contributed by atoms with Gasteiger partial charge in [0.1, 0.15) is 5.75 Å². The normalized spacial score (nSPS) is 11.4. The van der Waals surface area contributed by atoms with E-state index in [2.05, 4.69) is 20.5 Å². The number of methoxy groups -OCH3 is 1. The van der Waals surface area contributed by atoms with Crippen molar-refractivity contribution in [3.63, 3.8) is 0 Å². The average Bonchev–Trinajstić information content (AvgIpc) is 3.07. The number of aromatic amines is 1. The molecule has 0 radical (unpaired) electrons. The molecule has 0 saturated carbocycles. The summed E-state index contributed by atoms with van der Waals surface area (Å²) in [4.78, 5) is 21.2. The Hall–Kier alpha value is -3.32. The Labute approximate surface area is 178 Å². The smallest absolute Gasteiger partial charge is 0.250 e. The third-order valence-electron chi connectivity index (χ3n) is 4.79. The number of ether oxygens (including phenoxy) is 1. The summed E-state index contributed by atoms with van der Waals surface area (Å²) >= 11 is 1.46. The molecule has 2 N–H and O–H groups in total. The summed E-state index contributed by atoms with van der Waals surface area (Å²) in [6, 6.07) is 15.8. The number of H-pyrrole nitrogens is 1. The lowest BCUT2D eigenvalue weighted by molar-refractivity contribution is -0.118. The van der Waals surface area contributed by atoms with E-state index in [1.54, 1.807) is 13.3 Å². The molecule has 0 atom stereocenters. The third kappa shape index (κ3) is 4.16. The number of nitrogens with one attached hydrogen (secondary N) is 2. The highest BCUT2D eigenvalue weighted by molar-refractivity contribution is 8.00. The van der Waals surface area contributed by atoms with Gasteiger partial charge in [-0.05, 0) is 44.2 Å². The van der Waals surface area contributed by atoms with Crippen molar-refractivity contribution in [2.45, 2.75) is 18.7 Å². The number of aryl methyl sites for hydroxylation is 2. The molecule has 152 valence electrons. The number of hydrogen-bond acceptors (Lipinski definition) is 5. The van der Waals surface area contributed by atoms with Gasteiger partial charge in [-0.3, -0.25) is 9.78 Å². The Kier molecular flexibility index (Phi) is 5.72. The van der Waals surface area contributed by atoms with E-state index < -0.39 is 0 Å². The fourth-order valence-corrected chi connectivity index (χ4v) is 4.28. The maximum Gasteiger partial charge on any atom is 0.250 e. The number of pyridine rings is 1. The summed E-state index contributed by atoms with van der Waals surface area (Å²) in [6.45, 7) is 3.94. The molecule has 0 aliphatic rings. The molecule has 4 rings (SSSR count). The topological polar surface area (TPSA) is 79.4 Å². The minimum absolute atomic E-state index is 0.167. The lowest BCUT2D eigenvalue weighted by Gasteiger charge is -2.09. The number of rotatable bonds is 6. The van der Waals surface area contributed by atoms with Gasteiger partial charge in [-0.15, -0.1) is 11.8 Å². The van der Waals surface area contributed by atoms with Crippen molar-refractivity contribution in [3.8, 4) is 5.75 Å². The summed E-state index contributed by atoms with van der Waals surface area (Å²) in [6.07, 6.45) is 1.69. The summed E-state index contributed by atoms with van der Waals surface area (Å²) in [5.41, 5.74) is 7.44. The second kappa shape index (κ2) is 8.59. The highest BCUT2D eigenvalue weighted by Crippen LogP contribution is 2.30. The highest BCUT2D eigenvalue weighted by Gasteiger charge is 2.10. The summed E-state index contributed by atoms with van der Waals surface area (Å²) in [7, 11) is 1.64. The number of carbonyl (C=O) groups excluding carboxylic acids is 1. The van der Waals surface area contributed by atoms with E-state index in [4.69, 9.17) is 4.74 Å². The van der Waals surface area contributed by atoms with Gasteiger partial charge < -0.3 is 9.72 Å². The predicted molar refractivity (Wildman–Crippen MR) is 123 cm³/mol. The molecule has 30 heavy (non-hydrogen) atoms. The predicted octanol–water partition coefficient (Wildman–Crippen LogP) is 4.58. The van der Waals surface area contributed by atoms with Crippen LogP contribution in [0.15, 0.2) is 58.5 Å². The number of thioether (sulfide) groups is 1. The van der Waals surface area contributed by atoms with Gasteiger partial charge >= 0.3 is 0 Å². The van der Waals surface area contributed by atoms with Gasteiger partial charge in [0.25, 0.3) is 0 Å². The van der Waals surface area contributed by atoms with Gasteiger partial charge in [-0.25, -0.2) is 5.43 Å². The molecule has 0 aliphatic heterocycles. The minimum Gasteiger partial charge on any atom is -0.497 e. The van der Waals surface area contributed by atoms with Crippen LogP contribution in [0, 0.1) is 13.8 Å². The molecule has 2 aromatic heterocycles. The zero-order valence-corrected chi connectivity index (χ0v) is 17.8. The lowest BCUT2D eigenvalue weighted by Crippen LogP contribution is -2.19. The number of para-hydroxylation sites is 1. The van der Waals surface area contributed by atoms with Crippen molar-refractivity contribution >= 4 is 45.7 Å². The molecule has 2 heterocycles. The van der Waals surface area contributed by atoms with Gasteiger partial charge in [0.05, 0.1) is 24.6 Å². The number of carbonyl (C=O) groups is 1. The van der Waals surface area contributed by atoms with Gasteiger partial charge in [0.2, 0.25) is 5.91 Å². The molecule has 7 heteroatoms. The van der Waals surface area contributed by atoms with Gasteiger partial charge in [-0.2, -0.15) is 5.10 Å². The van der Waals surface area contributed by atoms with Crippen LogP contribution in [0.1, 0.15) is 17.0 Å². The number of hydrazone groups is 1. The zero-order valence-electron chi connectivity index (χ0n) is 17.0. The van der Waals surface area contributed by atoms with Crippen molar-refractivity contribution < 1.29 is 9.53 Å². The lowest BCUT2D eigenvalue weighted by atomic mass is 10.1. The van der Waals surface area contributed by atoms with Crippen LogP contribution in [0.3, 0.4) is 0 Å². The molecule has 4 aromatic rings. The molecular weight excluding hydrogens is 396 g/mol. The second-order valence-electron chi connectivity index (χ2n) is 6.94. The molecule has 0 bridgehead atoms. The number of benzene rings is 2. The van der Waals surface area contributed by atoms with Crippen LogP contribution in [0.25, 0.3) is 21.8 Å². The van der Waals surface area contributed by atoms with Crippen LogP contribution < -0.4 is 10.2 Å². The molecule has 1 amide bonds. The van der Waals surface area contributed by atoms with E-state index in [0.29, 0.717) is 0 Å². The Morgan fingerprint density at radius 3 is 2.87 bits per heavy atom. The third-order valence-corrected chi connectivity index (χ3v) is 5.85. The van der Waals surface area contributed by atoms with Crippen molar-refractivity contribution in [2.75, 3.05) is 12.9 Å². The van der Waals surface area contributed by atoms with E-state index >= 15 is 0 Å². The molecule has 2 aromatic carbocycles. The fourth-order valence-electron chi connectivity index (χ4n) is 3.36. The first-order valence-corrected chi connectivity index (χ1v) is 10.5. The zero-order chi connectivity index (χ0) is 21.1. The summed E-state index contributed by atoms with van der Waals surface area (Å²) < 4.78 is 5.32. The first-order chi connectivity index (χ1) is 14.5. The molecule has 0 spiro atoms. The molecule has 0 unspecified atom stereocenters. The van der Waals surface area contributed by atoms with E-state index in [-0.39, 0.29) is 11.7 Å². The summed E-state index contributed by atoms with van der Waals surface area (Å²) in [5.74, 6) is 0.845. The summed E-state index contributed by atoms with van der Waals surface area (Å²) in [5, 5.41) is 6.20. The number of aromatic nitrogens is 2. The second-order valence-corrected chi connectivity index (χ2v) is 7.95. The number of amides is 1. The first kappa shape index (κ1) is 20.0. The Morgan fingerprint density at radius 1 is 1.20 bits per heavy atom. The van der Waals surface area contributed by atoms with E-state index in [9.17, 15) is 4.79 Å². The standard InChI is InChI=1S/C23H22N4O2S/c1-14-10-22(18-11-16(29-3)8-9-21(18)25-14)30-13-23(28)27-24-12-19-15(2)26-20-7-5-4-6-17(19)20/h4-12,26H,13H2,1-3H3,(H,27,28)/b24-12+. The largest absolute Gasteiger partial charge is 0.497 e. The molecule has 0 aliphatic carbocycles. The molecular formula is C23H22N4O2S. The molecule has 0 saturated heterocycles. The van der Waals surface area contributed by atoms with Crippen LogP contribution in [0.5, 0.6) is 5.75 Å². The number of nitrogens with zero attached hydrogens (tertiary/aromatic N) is 2. The van der Waals surface area contributed by atoms with E-state index in [0.717, 1.165) is 49.4 Å². The van der Waals surface area contributed by atoms with Crippen LogP contribution in [0.4, 0.5) is 0 Å². The quantitative estimate of drug-likeness (QED) is 0.273. The Bertz CT molecular complexity index is 1260. The highest BCUT2D eigenvalue weighted by atomic mass is 32.2. The Balaban J connectivity index is 1.45. The maximum atomic E-state index is 12.3.